The summed E-state index contributed by atoms with van der Waals surface area (Å²) in [4.78, 5) is 11.7. The summed E-state index contributed by atoms with van der Waals surface area (Å²) in [6.07, 6.45) is 0. The quantitative estimate of drug-likeness (QED) is 0.845. The summed E-state index contributed by atoms with van der Waals surface area (Å²) in [5, 5.41) is 3.49. The van der Waals surface area contributed by atoms with Gasteiger partial charge in [0.1, 0.15) is 0 Å². The molecule has 1 atom stereocenters. The summed E-state index contributed by atoms with van der Waals surface area (Å²) in [5.74, 6) is 1.77. The van der Waals surface area contributed by atoms with Gasteiger partial charge in [0, 0.05) is 10.7 Å². The van der Waals surface area contributed by atoms with Gasteiger partial charge in [-0.05, 0) is 42.8 Å². The van der Waals surface area contributed by atoms with Crippen LogP contribution < -0.4 is 11.1 Å². The molecule has 1 unspecified atom stereocenters. The van der Waals surface area contributed by atoms with E-state index in [0.29, 0.717) is 23.2 Å². The van der Waals surface area contributed by atoms with Crippen molar-refractivity contribution in [3.8, 4) is 0 Å². The number of carbonyl (C=O) groups is 1. The normalized spacial score (nSPS) is 12.2. The first-order valence-corrected chi connectivity index (χ1v) is 7.40. The van der Waals surface area contributed by atoms with Gasteiger partial charge in [0.05, 0.1) is 5.75 Å². The molecule has 0 bridgehead atoms. The standard InChI is InChI=1S/C13H19ClN2OS/c1-9(6-15)7-18-8-13(17)16-11-4-3-10(2)12(14)5-11/h3-5,9H,6-8,15H2,1-2H3,(H,16,17). The fraction of sp³-hybridized carbons (Fsp3) is 0.462. The maximum Gasteiger partial charge on any atom is 0.234 e. The van der Waals surface area contributed by atoms with E-state index in [1.54, 1.807) is 17.8 Å². The Morgan fingerprint density at radius 2 is 2.28 bits per heavy atom. The molecular weight excluding hydrogens is 268 g/mol. The van der Waals surface area contributed by atoms with E-state index in [2.05, 4.69) is 12.2 Å². The van der Waals surface area contributed by atoms with Gasteiger partial charge in [-0.3, -0.25) is 4.79 Å². The molecule has 3 nitrogen and oxygen atoms in total. The average Bonchev–Trinajstić information content (AvgIpc) is 2.33. The van der Waals surface area contributed by atoms with Crippen LogP contribution in [0.5, 0.6) is 0 Å². The first-order valence-electron chi connectivity index (χ1n) is 5.86. The van der Waals surface area contributed by atoms with Crippen LogP contribution in [0.25, 0.3) is 0 Å². The highest BCUT2D eigenvalue weighted by Gasteiger charge is 2.06. The van der Waals surface area contributed by atoms with Crippen molar-refractivity contribution in [1.82, 2.24) is 0 Å². The third-order valence-electron chi connectivity index (χ3n) is 2.49. The van der Waals surface area contributed by atoms with Crippen LogP contribution in [0, 0.1) is 12.8 Å². The Morgan fingerprint density at radius 3 is 2.89 bits per heavy atom. The predicted octanol–water partition coefficient (Wildman–Crippen LogP) is 2.91. The fourth-order valence-electron chi connectivity index (χ4n) is 1.29. The maximum atomic E-state index is 11.7. The van der Waals surface area contributed by atoms with Crippen LogP contribution in [0.3, 0.4) is 0 Å². The van der Waals surface area contributed by atoms with Crippen LogP contribution in [-0.4, -0.2) is 24.0 Å². The lowest BCUT2D eigenvalue weighted by Gasteiger charge is -2.09. The molecule has 100 valence electrons. The second-order valence-electron chi connectivity index (χ2n) is 4.37. The molecule has 0 spiro atoms. The number of nitrogens with two attached hydrogens (primary N) is 1. The van der Waals surface area contributed by atoms with Gasteiger partial charge in [-0.25, -0.2) is 0 Å². The molecule has 5 heteroatoms. The predicted molar refractivity (Wildman–Crippen MR) is 80.4 cm³/mol. The Labute approximate surface area is 117 Å². The van der Waals surface area contributed by atoms with Gasteiger partial charge < -0.3 is 11.1 Å². The molecular formula is C13H19ClN2OS. The van der Waals surface area contributed by atoms with E-state index in [9.17, 15) is 4.79 Å². The smallest absolute Gasteiger partial charge is 0.234 e. The number of benzene rings is 1. The van der Waals surface area contributed by atoms with E-state index in [-0.39, 0.29) is 5.91 Å². The zero-order chi connectivity index (χ0) is 13.5. The molecule has 0 aliphatic carbocycles. The van der Waals surface area contributed by atoms with E-state index >= 15 is 0 Å². The van der Waals surface area contributed by atoms with Crippen molar-refractivity contribution < 1.29 is 4.79 Å². The summed E-state index contributed by atoms with van der Waals surface area (Å²) in [7, 11) is 0. The Hall–Kier alpha value is -0.710. The number of rotatable bonds is 6. The summed E-state index contributed by atoms with van der Waals surface area (Å²) in [6, 6.07) is 5.51. The Balaban J connectivity index is 2.38. The number of halogens is 1. The van der Waals surface area contributed by atoms with Crippen LogP contribution >= 0.6 is 23.4 Å². The molecule has 1 amide bonds. The number of thioether (sulfide) groups is 1. The Bertz CT molecular complexity index is 412. The van der Waals surface area contributed by atoms with Crippen LogP contribution in [0.1, 0.15) is 12.5 Å². The number of nitrogens with one attached hydrogen (secondary N) is 1. The number of aryl methyl sites for hydroxylation is 1. The highest BCUT2D eigenvalue weighted by atomic mass is 35.5. The molecule has 0 aliphatic heterocycles. The molecule has 3 N–H and O–H groups in total. The molecule has 0 fully saturated rings. The zero-order valence-electron chi connectivity index (χ0n) is 10.7. The van der Waals surface area contributed by atoms with E-state index in [4.69, 9.17) is 17.3 Å². The van der Waals surface area contributed by atoms with E-state index in [1.807, 2.05) is 19.1 Å². The zero-order valence-corrected chi connectivity index (χ0v) is 12.3. The van der Waals surface area contributed by atoms with Crippen LogP contribution in [0.15, 0.2) is 18.2 Å². The number of anilines is 1. The van der Waals surface area contributed by atoms with Crippen LogP contribution in [-0.2, 0) is 4.79 Å². The van der Waals surface area contributed by atoms with Crippen molar-refractivity contribution >= 4 is 35.0 Å². The Kier molecular flexibility index (Phi) is 6.54. The second kappa shape index (κ2) is 7.67. The molecule has 0 saturated heterocycles. The molecule has 1 aromatic carbocycles. The van der Waals surface area contributed by atoms with Crippen molar-refractivity contribution in [3.05, 3.63) is 28.8 Å². The first-order chi connectivity index (χ1) is 8.52. The Morgan fingerprint density at radius 1 is 1.56 bits per heavy atom. The minimum atomic E-state index is -0.0101. The largest absolute Gasteiger partial charge is 0.330 e. The summed E-state index contributed by atoms with van der Waals surface area (Å²) in [6.45, 7) is 4.66. The monoisotopic (exact) mass is 286 g/mol. The molecule has 0 saturated carbocycles. The lowest BCUT2D eigenvalue weighted by molar-refractivity contribution is -0.113. The maximum absolute atomic E-state index is 11.7. The van der Waals surface area contributed by atoms with Crippen LogP contribution in [0.2, 0.25) is 5.02 Å². The fourth-order valence-corrected chi connectivity index (χ4v) is 2.38. The van der Waals surface area contributed by atoms with Crippen molar-refractivity contribution in [2.45, 2.75) is 13.8 Å². The molecule has 0 heterocycles. The number of carbonyl (C=O) groups excluding carboxylic acids is 1. The third-order valence-corrected chi connectivity index (χ3v) is 4.17. The lowest BCUT2D eigenvalue weighted by Crippen LogP contribution is -2.17. The van der Waals surface area contributed by atoms with Gasteiger partial charge in [0.2, 0.25) is 5.91 Å². The van der Waals surface area contributed by atoms with Gasteiger partial charge >= 0.3 is 0 Å². The third kappa shape index (κ3) is 5.29. The first kappa shape index (κ1) is 15.3. The number of amides is 1. The minimum Gasteiger partial charge on any atom is -0.330 e. The summed E-state index contributed by atoms with van der Waals surface area (Å²) in [5.41, 5.74) is 7.25. The van der Waals surface area contributed by atoms with Gasteiger partial charge in [0.15, 0.2) is 0 Å². The van der Waals surface area contributed by atoms with Gasteiger partial charge in [0.25, 0.3) is 0 Å². The van der Waals surface area contributed by atoms with Crippen molar-refractivity contribution in [1.29, 1.82) is 0 Å². The number of hydrogen-bond acceptors (Lipinski definition) is 3. The van der Waals surface area contributed by atoms with Crippen LogP contribution in [0.4, 0.5) is 5.69 Å². The van der Waals surface area contributed by atoms with E-state index < -0.39 is 0 Å². The SMILES string of the molecule is Cc1ccc(NC(=O)CSCC(C)CN)cc1Cl. The summed E-state index contributed by atoms with van der Waals surface area (Å²) < 4.78 is 0. The molecule has 1 rings (SSSR count). The molecule has 1 aromatic rings. The molecule has 0 radical (unpaired) electrons. The van der Waals surface area contributed by atoms with Gasteiger partial charge in [-0.2, -0.15) is 11.8 Å². The molecule has 18 heavy (non-hydrogen) atoms. The van der Waals surface area contributed by atoms with E-state index in [0.717, 1.165) is 17.0 Å². The number of hydrogen-bond donors (Lipinski definition) is 2. The van der Waals surface area contributed by atoms with Crippen molar-refractivity contribution in [2.24, 2.45) is 11.7 Å². The minimum absolute atomic E-state index is 0.0101. The lowest BCUT2D eigenvalue weighted by atomic mass is 10.2. The topological polar surface area (TPSA) is 55.1 Å². The second-order valence-corrected chi connectivity index (χ2v) is 5.81. The van der Waals surface area contributed by atoms with Gasteiger partial charge in [-0.15, -0.1) is 0 Å². The van der Waals surface area contributed by atoms with Crippen molar-refractivity contribution in [2.75, 3.05) is 23.4 Å². The van der Waals surface area contributed by atoms with Gasteiger partial charge in [-0.1, -0.05) is 24.6 Å². The van der Waals surface area contributed by atoms with Crippen molar-refractivity contribution in [3.63, 3.8) is 0 Å². The molecule has 0 aliphatic rings. The summed E-state index contributed by atoms with van der Waals surface area (Å²) >= 11 is 7.59. The average molecular weight is 287 g/mol. The highest BCUT2D eigenvalue weighted by molar-refractivity contribution is 7.99. The van der Waals surface area contributed by atoms with E-state index in [1.165, 1.54) is 0 Å². The molecule has 0 aromatic heterocycles. The highest BCUT2D eigenvalue weighted by Crippen LogP contribution is 2.20.